The van der Waals surface area contributed by atoms with Gasteiger partial charge in [-0.15, -0.1) is 10.2 Å². The molecule has 1 aliphatic heterocycles. The Hall–Kier alpha value is -1.53. The Labute approximate surface area is 103 Å². The molecule has 2 rings (SSSR count). The number of halogens is 2. The Bertz CT molecular complexity index is 439. The lowest BCUT2D eigenvalue weighted by molar-refractivity contribution is 0.0517. The number of amides is 1. The van der Waals surface area contributed by atoms with Crippen molar-refractivity contribution >= 4 is 5.91 Å². The number of hydrogen-bond acceptors (Lipinski definition) is 4. The molecule has 2 heterocycles. The van der Waals surface area contributed by atoms with Crippen molar-refractivity contribution in [2.24, 2.45) is 0 Å². The molecule has 0 aliphatic carbocycles. The average molecular weight is 259 g/mol. The lowest BCUT2D eigenvalue weighted by Gasteiger charge is -2.18. The van der Waals surface area contributed by atoms with Crippen molar-refractivity contribution in [2.75, 3.05) is 13.1 Å². The summed E-state index contributed by atoms with van der Waals surface area (Å²) in [7, 11) is 0. The Morgan fingerprint density at radius 3 is 2.50 bits per heavy atom. The highest BCUT2D eigenvalue weighted by Gasteiger charge is 2.38. The highest BCUT2D eigenvalue weighted by Crippen LogP contribution is 2.29. The van der Waals surface area contributed by atoms with Crippen LogP contribution in [0.3, 0.4) is 0 Å². The van der Waals surface area contributed by atoms with E-state index in [2.05, 4.69) is 10.2 Å². The highest BCUT2D eigenvalue weighted by atomic mass is 19.3. The third-order valence-electron chi connectivity index (χ3n) is 3.10. The van der Waals surface area contributed by atoms with E-state index in [0.29, 0.717) is 13.1 Å². The first kappa shape index (κ1) is 12.9. The number of alkyl halides is 2. The van der Waals surface area contributed by atoms with E-state index in [-0.39, 0.29) is 17.7 Å². The Morgan fingerprint density at radius 2 is 1.94 bits per heavy atom. The lowest BCUT2D eigenvalue weighted by atomic mass is 9.94. The monoisotopic (exact) mass is 259 g/mol. The fourth-order valence-electron chi connectivity index (χ4n) is 1.72. The third kappa shape index (κ3) is 2.21. The molecule has 1 aliphatic rings. The molecule has 1 saturated heterocycles. The van der Waals surface area contributed by atoms with E-state index in [4.69, 9.17) is 4.42 Å². The number of nitrogens with zero attached hydrogens (tertiary/aromatic N) is 3. The molecule has 5 nitrogen and oxygen atoms in total. The molecule has 0 radical (unpaired) electrons. The summed E-state index contributed by atoms with van der Waals surface area (Å²) >= 11 is 0. The van der Waals surface area contributed by atoms with Gasteiger partial charge in [-0.05, 0) is 26.7 Å². The van der Waals surface area contributed by atoms with Gasteiger partial charge in [-0.3, -0.25) is 4.79 Å². The number of likely N-dealkylation sites (tertiary alicyclic amines) is 1. The van der Waals surface area contributed by atoms with Gasteiger partial charge in [0.05, 0.1) is 0 Å². The SMILES string of the molecule is CC(C)(c1nnc(C(=O)N2CCCC2)o1)C(F)F. The summed E-state index contributed by atoms with van der Waals surface area (Å²) in [4.78, 5) is 13.5. The average Bonchev–Trinajstić information content (AvgIpc) is 2.99. The summed E-state index contributed by atoms with van der Waals surface area (Å²) in [5.74, 6) is -0.794. The molecule has 0 atom stereocenters. The van der Waals surface area contributed by atoms with Crippen LogP contribution in [-0.4, -0.2) is 40.5 Å². The van der Waals surface area contributed by atoms with Gasteiger partial charge in [0.1, 0.15) is 5.41 Å². The Kier molecular flexibility index (Phi) is 3.32. The maximum atomic E-state index is 12.8. The van der Waals surface area contributed by atoms with E-state index in [1.165, 1.54) is 13.8 Å². The molecule has 7 heteroatoms. The van der Waals surface area contributed by atoms with Crippen molar-refractivity contribution in [3.8, 4) is 0 Å². The van der Waals surface area contributed by atoms with Crippen LogP contribution in [0.1, 0.15) is 43.3 Å². The molecule has 0 aromatic carbocycles. The molecular weight excluding hydrogens is 244 g/mol. The van der Waals surface area contributed by atoms with Gasteiger partial charge in [-0.2, -0.15) is 0 Å². The molecule has 1 aromatic heterocycles. The molecule has 1 fully saturated rings. The van der Waals surface area contributed by atoms with Crippen molar-refractivity contribution in [3.05, 3.63) is 11.8 Å². The van der Waals surface area contributed by atoms with Crippen molar-refractivity contribution in [2.45, 2.75) is 38.5 Å². The van der Waals surface area contributed by atoms with Crippen LogP contribution < -0.4 is 0 Å². The van der Waals surface area contributed by atoms with Gasteiger partial charge in [0.15, 0.2) is 0 Å². The normalized spacial score (nSPS) is 16.6. The minimum atomic E-state index is -2.63. The van der Waals surface area contributed by atoms with E-state index < -0.39 is 11.8 Å². The second-order valence-corrected chi connectivity index (χ2v) is 4.93. The molecule has 100 valence electrons. The maximum Gasteiger partial charge on any atom is 0.311 e. The Morgan fingerprint density at radius 1 is 1.33 bits per heavy atom. The second-order valence-electron chi connectivity index (χ2n) is 4.93. The van der Waals surface area contributed by atoms with Crippen LogP contribution >= 0.6 is 0 Å². The molecule has 1 aromatic rings. The zero-order valence-corrected chi connectivity index (χ0v) is 10.3. The van der Waals surface area contributed by atoms with Crippen molar-refractivity contribution < 1.29 is 18.0 Å². The first-order valence-corrected chi connectivity index (χ1v) is 5.84. The summed E-state index contributed by atoms with van der Waals surface area (Å²) in [6.45, 7) is 3.90. The van der Waals surface area contributed by atoms with Crippen LogP contribution in [0.5, 0.6) is 0 Å². The highest BCUT2D eigenvalue weighted by molar-refractivity contribution is 5.89. The predicted octanol–water partition coefficient (Wildman–Crippen LogP) is 1.85. The van der Waals surface area contributed by atoms with E-state index in [9.17, 15) is 13.6 Å². The topological polar surface area (TPSA) is 59.2 Å². The zero-order valence-electron chi connectivity index (χ0n) is 10.3. The van der Waals surface area contributed by atoms with Gasteiger partial charge in [0, 0.05) is 13.1 Å². The lowest BCUT2D eigenvalue weighted by Crippen LogP contribution is -2.28. The maximum absolute atomic E-state index is 12.8. The zero-order chi connectivity index (χ0) is 13.3. The van der Waals surface area contributed by atoms with Gasteiger partial charge < -0.3 is 9.32 Å². The fourth-order valence-corrected chi connectivity index (χ4v) is 1.72. The quantitative estimate of drug-likeness (QED) is 0.831. The molecular formula is C11H15F2N3O2. The molecule has 18 heavy (non-hydrogen) atoms. The first-order valence-electron chi connectivity index (χ1n) is 5.84. The summed E-state index contributed by atoms with van der Waals surface area (Å²) in [6.07, 6.45) is -0.752. The molecule has 0 saturated carbocycles. The van der Waals surface area contributed by atoms with Crippen molar-refractivity contribution in [3.63, 3.8) is 0 Å². The molecule has 0 unspecified atom stereocenters. The molecule has 0 spiro atoms. The second kappa shape index (κ2) is 4.62. The largest absolute Gasteiger partial charge is 0.416 e. The first-order chi connectivity index (χ1) is 8.43. The summed E-state index contributed by atoms with van der Waals surface area (Å²) in [5.41, 5.74) is -1.55. The van der Waals surface area contributed by atoms with Crippen LogP contribution in [0.15, 0.2) is 4.42 Å². The standard InChI is InChI=1S/C11H15F2N3O2/c1-11(2,9(12)13)10-15-14-7(18-10)8(17)16-5-3-4-6-16/h9H,3-6H2,1-2H3. The predicted molar refractivity (Wildman–Crippen MR) is 58.5 cm³/mol. The van der Waals surface area contributed by atoms with Crippen LogP contribution in [0.2, 0.25) is 0 Å². The molecule has 1 amide bonds. The van der Waals surface area contributed by atoms with Gasteiger partial charge in [-0.25, -0.2) is 8.78 Å². The molecule has 0 bridgehead atoms. The van der Waals surface area contributed by atoms with Crippen LogP contribution in [0.25, 0.3) is 0 Å². The van der Waals surface area contributed by atoms with E-state index in [0.717, 1.165) is 12.8 Å². The fraction of sp³-hybridized carbons (Fsp3) is 0.727. The summed E-state index contributed by atoms with van der Waals surface area (Å²) in [6, 6.07) is 0. The van der Waals surface area contributed by atoms with Crippen LogP contribution in [-0.2, 0) is 5.41 Å². The number of aromatic nitrogens is 2. The number of rotatable bonds is 3. The number of carbonyl (C=O) groups excluding carboxylic acids is 1. The van der Waals surface area contributed by atoms with E-state index in [1.54, 1.807) is 4.90 Å². The van der Waals surface area contributed by atoms with Crippen molar-refractivity contribution in [1.29, 1.82) is 0 Å². The Balaban J connectivity index is 2.17. The van der Waals surface area contributed by atoms with Crippen LogP contribution in [0.4, 0.5) is 8.78 Å². The minimum absolute atomic E-state index is 0.208. The molecule has 0 N–H and O–H groups in total. The van der Waals surface area contributed by atoms with E-state index in [1.807, 2.05) is 0 Å². The number of hydrogen-bond donors (Lipinski definition) is 0. The van der Waals surface area contributed by atoms with Crippen molar-refractivity contribution in [1.82, 2.24) is 15.1 Å². The smallest absolute Gasteiger partial charge is 0.311 e. The minimum Gasteiger partial charge on any atom is -0.416 e. The summed E-state index contributed by atoms with van der Waals surface area (Å²) < 4.78 is 30.7. The number of carbonyl (C=O) groups is 1. The summed E-state index contributed by atoms with van der Waals surface area (Å²) in [5, 5.41) is 7.13. The van der Waals surface area contributed by atoms with Gasteiger partial charge in [-0.1, -0.05) is 0 Å². The van der Waals surface area contributed by atoms with Gasteiger partial charge in [0.2, 0.25) is 5.89 Å². The van der Waals surface area contributed by atoms with Gasteiger partial charge >= 0.3 is 11.8 Å². The van der Waals surface area contributed by atoms with Crippen LogP contribution in [0, 0.1) is 0 Å². The third-order valence-corrected chi connectivity index (χ3v) is 3.10. The van der Waals surface area contributed by atoms with E-state index >= 15 is 0 Å². The van der Waals surface area contributed by atoms with Gasteiger partial charge in [0.25, 0.3) is 6.43 Å².